The third kappa shape index (κ3) is 6.74. The van der Waals surface area contributed by atoms with Crippen molar-refractivity contribution in [1.29, 1.82) is 0 Å². The lowest BCUT2D eigenvalue weighted by atomic mass is 9.93. The molecule has 2 aliphatic rings. The molecule has 1 unspecified atom stereocenters. The van der Waals surface area contributed by atoms with Crippen LogP contribution in [-0.4, -0.2) is 46.0 Å². The summed E-state index contributed by atoms with van der Waals surface area (Å²) in [4.78, 5) is 4.42. The molecule has 0 radical (unpaired) electrons. The number of fused-ring (bicyclic) bond motifs is 1. The Kier molecular flexibility index (Phi) is 8.50. The molecule has 1 saturated heterocycles. The van der Waals surface area contributed by atoms with Gasteiger partial charge in [0.25, 0.3) is 5.95 Å². The van der Waals surface area contributed by atoms with Gasteiger partial charge in [-0.2, -0.15) is 44.3 Å². The van der Waals surface area contributed by atoms with Crippen LogP contribution in [0.25, 0.3) is 0 Å². The molecule has 16 heteroatoms. The molecule has 7 nitrogen and oxygen atoms in total. The third-order valence-corrected chi connectivity index (χ3v) is 7.99. The number of hydrogen-bond donors (Lipinski definition) is 0. The van der Waals surface area contributed by atoms with E-state index < -0.39 is 47.8 Å². The zero-order chi connectivity index (χ0) is 32.0. The SMILES string of the molecule is Cc1cc2c(cc1C(F)(F)F)N(C1CCOCC1)CCCC2N(Cc1cc(C(F)(F)F)cc(C(F)(F)F)c1)c1nnn(C)n1. The van der Waals surface area contributed by atoms with Gasteiger partial charge >= 0.3 is 18.5 Å². The van der Waals surface area contributed by atoms with E-state index in [1.807, 2.05) is 4.90 Å². The summed E-state index contributed by atoms with van der Waals surface area (Å²) in [6.07, 6.45) is -12.8. The molecular weight excluding hydrogens is 607 g/mol. The molecule has 2 aliphatic heterocycles. The van der Waals surface area contributed by atoms with Crippen LogP contribution in [0.5, 0.6) is 0 Å². The summed E-state index contributed by atoms with van der Waals surface area (Å²) in [7, 11) is 1.44. The summed E-state index contributed by atoms with van der Waals surface area (Å²) in [6, 6.07) is 2.87. The van der Waals surface area contributed by atoms with Gasteiger partial charge in [-0.25, -0.2) is 0 Å². The lowest BCUT2D eigenvalue weighted by molar-refractivity contribution is -0.143. The second-order valence-electron chi connectivity index (χ2n) is 11.0. The van der Waals surface area contributed by atoms with Gasteiger partial charge in [0.2, 0.25) is 0 Å². The van der Waals surface area contributed by atoms with E-state index in [0.717, 1.165) is 10.9 Å². The van der Waals surface area contributed by atoms with Crippen LogP contribution in [0, 0.1) is 6.92 Å². The molecule has 0 saturated carbocycles. The van der Waals surface area contributed by atoms with Crippen molar-refractivity contribution in [2.45, 2.75) is 69.8 Å². The maximum absolute atomic E-state index is 14.1. The van der Waals surface area contributed by atoms with E-state index in [0.29, 0.717) is 68.8 Å². The number of aryl methyl sites for hydroxylation is 2. The first-order valence-electron chi connectivity index (χ1n) is 13.9. The Hall–Kier alpha value is -3.56. The van der Waals surface area contributed by atoms with Crippen LogP contribution >= 0.6 is 0 Å². The fourth-order valence-electron chi connectivity index (χ4n) is 5.99. The molecule has 0 bridgehead atoms. The number of alkyl halides is 9. The highest BCUT2D eigenvalue weighted by atomic mass is 19.4. The Bertz CT molecular complexity index is 1450. The summed E-state index contributed by atoms with van der Waals surface area (Å²) in [5, 5.41) is 12.0. The molecule has 1 fully saturated rings. The van der Waals surface area contributed by atoms with Crippen LogP contribution in [0.2, 0.25) is 0 Å². The summed E-state index contributed by atoms with van der Waals surface area (Å²) >= 11 is 0. The monoisotopic (exact) mass is 636 g/mol. The maximum atomic E-state index is 14.1. The van der Waals surface area contributed by atoms with E-state index in [2.05, 4.69) is 15.4 Å². The van der Waals surface area contributed by atoms with Crippen LogP contribution in [-0.2, 0) is 36.9 Å². The number of tetrazole rings is 1. The molecule has 0 N–H and O–H groups in total. The van der Waals surface area contributed by atoms with Gasteiger partial charge in [0.1, 0.15) is 0 Å². The van der Waals surface area contributed by atoms with Crippen molar-refractivity contribution in [2.24, 2.45) is 7.05 Å². The Morgan fingerprint density at radius 1 is 0.864 bits per heavy atom. The van der Waals surface area contributed by atoms with E-state index in [1.165, 1.54) is 24.9 Å². The minimum Gasteiger partial charge on any atom is -0.381 e. The molecule has 240 valence electrons. The highest BCUT2D eigenvalue weighted by Crippen LogP contribution is 2.45. The fraction of sp³-hybridized carbons (Fsp3) is 0.536. The van der Waals surface area contributed by atoms with Crippen molar-refractivity contribution in [3.8, 4) is 0 Å². The van der Waals surface area contributed by atoms with Gasteiger partial charge < -0.3 is 14.5 Å². The molecule has 0 amide bonds. The zero-order valence-electron chi connectivity index (χ0n) is 23.7. The average molecular weight is 637 g/mol. The fourth-order valence-corrected chi connectivity index (χ4v) is 5.99. The first-order valence-corrected chi connectivity index (χ1v) is 13.9. The van der Waals surface area contributed by atoms with E-state index in [1.54, 1.807) is 0 Å². The molecule has 3 aromatic rings. The van der Waals surface area contributed by atoms with Crippen molar-refractivity contribution in [3.63, 3.8) is 0 Å². The van der Waals surface area contributed by atoms with Gasteiger partial charge in [-0.3, -0.25) is 0 Å². The number of benzene rings is 2. The first kappa shape index (κ1) is 31.9. The number of rotatable bonds is 5. The smallest absolute Gasteiger partial charge is 0.381 e. The van der Waals surface area contributed by atoms with Gasteiger partial charge in [-0.15, -0.1) is 5.10 Å². The van der Waals surface area contributed by atoms with Crippen LogP contribution in [0.3, 0.4) is 0 Å². The second-order valence-corrected chi connectivity index (χ2v) is 11.0. The third-order valence-electron chi connectivity index (χ3n) is 7.99. The molecule has 3 heterocycles. The second kappa shape index (κ2) is 11.7. The highest BCUT2D eigenvalue weighted by Gasteiger charge is 2.40. The Morgan fingerprint density at radius 2 is 1.50 bits per heavy atom. The number of aromatic nitrogens is 4. The van der Waals surface area contributed by atoms with Crippen molar-refractivity contribution in [1.82, 2.24) is 20.2 Å². The van der Waals surface area contributed by atoms with E-state index in [4.69, 9.17) is 4.74 Å². The van der Waals surface area contributed by atoms with Gasteiger partial charge in [0.15, 0.2) is 0 Å². The van der Waals surface area contributed by atoms with Gasteiger partial charge in [0.05, 0.1) is 29.8 Å². The lowest BCUT2D eigenvalue weighted by Gasteiger charge is -2.38. The molecule has 0 aliphatic carbocycles. The predicted octanol–water partition coefficient (Wildman–Crippen LogP) is 7.10. The molecule has 2 aromatic carbocycles. The Labute approximate surface area is 246 Å². The molecule has 5 rings (SSSR count). The number of anilines is 2. The van der Waals surface area contributed by atoms with Crippen LogP contribution < -0.4 is 9.80 Å². The van der Waals surface area contributed by atoms with Gasteiger partial charge in [-0.1, -0.05) is 11.2 Å². The molecule has 1 aromatic heterocycles. The van der Waals surface area contributed by atoms with E-state index in [-0.39, 0.29) is 29.2 Å². The summed E-state index contributed by atoms with van der Waals surface area (Å²) in [6.45, 7) is 2.07. The first-order chi connectivity index (χ1) is 20.5. The van der Waals surface area contributed by atoms with Crippen LogP contribution in [0.1, 0.15) is 65.1 Å². The largest absolute Gasteiger partial charge is 0.416 e. The van der Waals surface area contributed by atoms with Crippen LogP contribution in [0.4, 0.5) is 51.1 Å². The van der Waals surface area contributed by atoms with Crippen molar-refractivity contribution in [3.05, 3.63) is 63.7 Å². The minimum atomic E-state index is -5.06. The maximum Gasteiger partial charge on any atom is 0.416 e. The quantitative estimate of drug-likeness (QED) is 0.279. The topological polar surface area (TPSA) is 59.3 Å². The lowest BCUT2D eigenvalue weighted by Crippen LogP contribution is -2.40. The molecule has 1 atom stereocenters. The van der Waals surface area contributed by atoms with Crippen molar-refractivity contribution < 1.29 is 44.3 Å². The number of ether oxygens (including phenoxy) is 1. The average Bonchev–Trinajstić information content (AvgIpc) is 3.28. The molecule has 0 spiro atoms. The minimum absolute atomic E-state index is 0.0448. The number of halogens is 9. The molecule has 44 heavy (non-hydrogen) atoms. The molecular formula is C28H29F9N6O. The highest BCUT2D eigenvalue weighted by molar-refractivity contribution is 5.62. The normalized spacial score (nSPS) is 18.7. The predicted molar refractivity (Wildman–Crippen MR) is 141 cm³/mol. The van der Waals surface area contributed by atoms with E-state index in [9.17, 15) is 39.5 Å². The Morgan fingerprint density at radius 3 is 2.05 bits per heavy atom. The number of hydrogen-bond acceptors (Lipinski definition) is 6. The van der Waals surface area contributed by atoms with Crippen LogP contribution in [0.15, 0.2) is 30.3 Å². The van der Waals surface area contributed by atoms with Crippen molar-refractivity contribution in [2.75, 3.05) is 29.6 Å². The summed E-state index contributed by atoms with van der Waals surface area (Å²) in [5.74, 6) is -0.0912. The van der Waals surface area contributed by atoms with Gasteiger partial charge in [0, 0.05) is 38.0 Å². The zero-order valence-corrected chi connectivity index (χ0v) is 23.7. The standard InChI is InChI=1S/C28H29F9N6O/c1-16-10-21-23(4-3-7-42(20-5-8-44-9-6-20)24(21)14-22(16)28(35,36)37)43(25-38-40-41(2)39-25)15-17-11-18(26(29,30)31)13-19(12-17)27(32,33)34/h10-14,20,23H,3-9,15H2,1-2H3. The van der Waals surface area contributed by atoms with E-state index >= 15 is 0 Å². The summed E-state index contributed by atoms with van der Waals surface area (Å²) in [5.41, 5.74) is -3.44. The summed E-state index contributed by atoms with van der Waals surface area (Å²) < 4.78 is 130. The Balaban J connectivity index is 1.67. The van der Waals surface area contributed by atoms with Gasteiger partial charge in [-0.05, 0) is 78.8 Å². The van der Waals surface area contributed by atoms with Crippen molar-refractivity contribution >= 4 is 11.6 Å². The number of nitrogens with zero attached hydrogens (tertiary/aromatic N) is 6.